The molecule has 0 aliphatic heterocycles. The van der Waals surface area contributed by atoms with Gasteiger partial charge in [-0.15, -0.1) is 0 Å². The van der Waals surface area contributed by atoms with Crippen LogP contribution in [0.3, 0.4) is 0 Å². The van der Waals surface area contributed by atoms with Gasteiger partial charge in [-0.25, -0.2) is 4.98 Å². The maximum absolute atomic E-state index is 11.0. The minimum atomic E-state index is -0.458. The molecule has 0 bridgehead atoms. The Hall–Kier alpha value is -2.83. The molecule has 1 aromatic heterocycles. The number of nitro groups is 1. The Labute approximate surface area is 128 Å². The van der Waals surface area contributed by atoms with Gasteiger partial charge in [-0.2, -0.15) is 0 Å². The summed E-state index contributed by atoms with van der Waals surface area (Å²) >= 11 is 0. The maximum Gasteiger partial charge on any atom is 0.311 e. The van der Waals surface area contributed by atoms with Gasteiger partial charge in [0.05, 0.1) is 19.1 Å². The van der Waals surface area contributed by atoms with E-state index in [0.717, 1.165) is 5.56 Å². The lowest BCUT2D eigenvalue weighted by atomic mass is 10.2. The van der Waals surface area contributed by atoms with Crippen molar-refractivity contribution in [3.05, 3.63) is 51.7 Å². The molecule has 2 aromatic rings. The zero-order chi connectivity index (χ0) is 16.1. The first kappa shape index (κ1) is 15.6. The molecule has 0 fully saturated rings. The fourth-order valence-electron chi connectivity index (χ4n) is 2.00. The molecule has 0 radical (unpaired) electrons. The van der Waals surface area contributed by atoms with Crippen LogP contribution in [0.5, 0.6) is 11.5 Å². The number of nitrogens with zero attached hydrogens (tertiary/aromatic N) is 2. The van der Waals surface area contributed by atoms with Crippen LogP contribution < -0.4 is 14.8 Å². The summed E-state index contributed by atoms with van der Waals surface area (Å²) < 4.78 is 10.4. The molecule has 2 rings (SSSR count). The van der Waals surface area contributed by atoms with E-state index in [1.165, 1.54) is 6.07 Å². The summed E-state index contributed by atoms with van der Waals surface area (Å²) in [7, 11) is 3.14. The number of pyridine rings is 1. The summed E-state index contributed by atoms with van der Waals surface area (Å²) in [6, 6.07) is 8.45. The number of aromatic nitrogens is 1. The van der Waals surface area contributed by atoms with Crippen LogP contribution in [-0.4, -0.2) is 24.1 Å². The highest BCUT2D eigenvalue weighted by atomic mass is 16.6. The van der Waals surface area contributed by atoms with Crippen LogP contribution in [-0.2, 0) is 6.54 Å². The minimum absolute atomic E-state index is 0.0573. The SMILES string of the molecule is COc1ccc(CNc2nc(C)ccc2[N+](=O)[O-])c(OC)c1. The average molecular weight is 303 g/mol. The number of methoxy groups -OCH3 is 2. The van der Waals surface area contributed by atoms with Crippen molar-refractivity contribution < 1.29 is 14.4 Å². The molecule has 7 nitrogen and oxygen atoms in total. The van der Waals surface area contributed by atoms with E-state index in [2.05, 4.69) is 10.3 Å². The molecule has 0 aliphatic carbocycles. The largest absolute Gasteiger partial charge is 0.497 e. The highest BCUT2D eigenvalue weighted by Gasteiger charge is 2.15. The molecule has 0 unspecified atom stereocenters. The lowest BCUT2D eigenvalue weighted by Crippen LogP contribution is -2.06. The smallest absolute Gasteiger partial charge is 0.311 e. The van der Waals surface area contributed by atoms with Crippen molar-refractivity contribution in [2.24, 2.45) is 0 Å². The molecule has 0 amide bonds. The summed E-state index contributed by atoms with van der Waals surface area (Å²) in [5.74, 6) is 1.56. The van der Waals surface area contributed by atoms with E-state index in [-0.39, 0.29) is 11.5 Å². The molecule has 7 heteroatoms. The Bertz CT molecular complexity index is 688. The number of hydrogen-bond donors (Lipinski definition) is 1. The first-order valence-corrected chi connectivity index (χ1v) is 6.62. The molecular formula is C15H17N3O4. The van der Waals surface area contributed by atoms with Crippen LogP contribution in [0.15, 0.2) is 30.3 Å². The van der Waals surface area contributed by atoms with Crippen LogP contribution in [0.1, 0.15) is 11.3 Å². The van der Waals surface area contributed by atoms with E-state index in [9.17, 15) is 10.1 Å². The number of rotatable bonds is 6. The predicted molar refractivity (Wildman–Crippen MR) is 82.5 cm³/mol. The van der Waals surface area contributed by atoms with Gasteiger partial charge < -0.3 is 14.8 Å². The van der Waals surface area contributed by atoms with Crippen molar-refractivity contribution >= 4 is 11.5 Å². The Kier molecular flexibility index (Phi) is 4.77. The molecule has 0 saturated heterocycles. The molecule has 116 valence electrons. The molecule has 1 aromatic carbocycles. The van der Waals surface area contributed by atoms with Gasteiger partial charge in [-0.1, -0.05) is 0 Å². The van der Waals surface area contributed by atoms with E-state index in [0.29, 0.717) is 23.7 Å². The third-order valence-electron chi connectivity index (χ3n) is 3.15. The van der Waals surface area contributed by atoms with E-state index < -0.39 is 4.92 Å². The average Bonchev–Trinajstić information content (AvgIpc) is 2.52. The maximum atomic E-state index is 11.0. The summed E-state index contributed by atoms with van der Waals surface area (Å²) in [5.41, 5.74) is 1.49. The highest BCUT2D eigenvalue weighted by molar-refractivity contribution is 5.56. The van der Waals surface area contributed by atoms with Crippen molar-refractivity contribution in [1.29, 1.82) is 0 Å². The van der Waals surface area contributed by atoms with Crippen molar-refractivity contribution in [2.45, 2.75) is 13.5 Å². The molecule has 0 atom stereocenters. The summed E-state index contributed by atoms with van der Waals surface area (Å²) in [6.07, 6.45) is 0. The van der Waals surface area contributed by atoms with Gasteiger partial charge in [-0.3, -0.25) is 10.1 Å². The van der Waals surface area contributed by atoms with Crippen LogP contribution in [0.2, 0.25) is 0 Å². The van der Waals surface area contributed by atoms with E-state index in [1.54, 1.807) is 39.3 Å². The fourth-order valence-corrected chi connectivity index (χ4v) is 2.00. The van der Waals surface area contributed by atoms with Gasteiger partial charge in [0.1, 0.15) is 11.5 Å². The van der Waals surface area contributed by atoms with Crippen molar-refractivity contribution in [3.63, 3.8) is 0 Å². The second-order valence-corrected chi connectivity index (χ2v) is 4.61. The third kappa shape index (κ3) is 3.43. The number of hydrogen-bond acceptors (Lipinski definition) is 6. The molecule has 1 N–H and O–H groups in total. The number of aryl methyl sites for hydroxylation is 1. The molecule has 22 heavy (non-hydrogen) atoms. The van der Waals surface area contributed by atoms with E-state index in [1.807, 2.05) is 6.07 Å². The van der Waals surface area contributed by atoms with Gasteiger partial charge in [0.15, 0.2) is 0 Å². The summed E-state index contributed by atoms with van der Waals surface area (Å²) in [4.78, 5) is 14.8. The lowest BCUT2D eigenvalue weighted by Gasteiger charge is -2.12. The van der Waals surface area contributed by atoms with Crippen molar-refractivity contribution in [1.82, 2.24) is 4.98 Å². The van der Waals surface area contributed by atoms with Crippen LogP contribution in [0.4, 0.5) is 11.5 Å². The van der Waals surface area contributed by atoms with Gasteiger partial charge >= 0.3 is 5.69 Å². The van der Waals surface area contributed by atoms with Crippen molar-refractivity contribution in [2.75, 3.05) is 19.5 Å². The highest BCUT2D eigenvalue weighted by Crippen LogP contribution is 2.27. The number of nitrogens with one attached hydrogen (secondary N) is 1. The standard InChI is InChI=1S/C15H17N3O4/c1-10-4-7-13(18(19)20)15(17-10)16-9-11-5-6-12(21-2)8-14(11)22-3/h4-8H,9H2,1-3H3,(H,16,17). The topological polar surface area (TPSA) is 86.5 Å². The third-order valence-corrected chi connectivity index (χ3v) is 3.15. The van der Waals surface area contributed by atoms with Crippen LogP contribution in [0.25, 0.3) is 0 Å². The van der Waals surface area contributed by atoms with Crippen LogP contribution in [0, 0.1) is 17.0 Å². The van der Waals surface area contributed by atoms with Crippen LogP contribution >= 0.6 is 0 Å². The van der Waals surface area contributed by atoms with E-state index in [4.69, 9.17) is 9.47 Å². The number of ether oxygens (including phenoxy) is 2. The summed E-state index contributed by atoms with van der Waals surface area (Å²) in [5, 5.41) is 14.0. The molecule has 1 heterocycles. The van der Waals surface area contributed by atoms with Gasteiger partial charge in [0.2, 0.25) is 5.82 Å². The van der Waals surface area contributed by atoms with Gasteiger partial charge in [0.25, 0.3) is 0 Å². The quantitative estimate of drug-likeness (QED) is 0.652. The Morgan fingerprint density at radius 2 is 2.00 bits per heavy atom. The first-order valence-electron chi connectivity index (χ1n) is 6.62. The monoisotopic (exact) mass is 303 g/mol. The minimum Gasteiger partial charge on any atom is -0.497 e. The predicted octanol–water partition coefficient (Wildman–Crippen LogP) is 2.93. The van der Waals surface area contributed by atoms with Crippen molar-refractivity contribution in [3.8, 4) is 11.5 Å². The zero-order valence-electron chi connectivity index (χ0n) is 12.6. The first-order chi connectivity index (χ1) is 10.5. The number of anilines is 1. The summed E-state index contributed by atoms with van der Waals surface area (Å²) in [6.45, 7) is 2.13. The molecule has 0 spiro atoms. The normalized spacial score (nSPS) is 10.1. The van der Waals surface area contributed by atoms with E-state index >= 15 is 0 Å². The number of benzene rings is 1. The Morgan fingerprint density at radius 3 is 2.64 bits per heavy atom. The lowest BCUT2D eigenvalue weighted by molar-refractivity contribution is -0.384. The zero-order valence-corrected chi connectivity index (χ0v) is 12.6. The Balaban J connectivity index is 2.23. The Morgan fingerprint density at radius 1 is 1.23 bits per heavy atom. The molecule has 0 saturated carbocycles. The molecule has 0 aliphatic rings. The van der Waals surface area contributed by atoms with Gasteiger partial charge in [0, 0.05) is 29.9 Å². The second-order valence-electron chi connectivity index (χ2n) is 4.61. The molecular weight excluding hydrogens is 286 g/mol. The van der Waals surface area contributed by atoms with Gasteiger partial charge in [-0.05, 0) is 25.1 Å². The second kappa shape index (κ2) is 6.75. The fraction of sp³-hybridized carbons (Fsp3) is 0.267.